The van der Waals surface area contributed by atoms with Gasteiger partial charge in [0.05, 0.1) is 0 Å². The Morgan fingerprint density at radius 3 is 2.20 bits per heavy atom. The molecular formula is C6H5O3Tl. The third-order valence-electron chi connectivity index (χ3n) is 1.10. The van der Waals surface area contributed by atoms with Crippen LogP contribution in [0, 0.1) is 0 Å². The van der Waals surface area contributed by atoms with Crippen LogP contribution in [0.5, 0.6) is 17.2 Å². The van der Waals surface area contributed by atoms with Crippen molar-refractivity contribution in [2.24, 2.45) is 0 Å². The third-order valence-corrected chi connectivity index (χ3v) is 2.81. The van der Waals surface area contributed by atoms with Crippen molar-refractivity contribution in [1.82, 2.24) is 0 Å². The van der Waals surface area contributed by atoms with Gasteiger partial charge in [-0.3, -0.25) is 0 Å². The summed E-state index contributed by atoms with van der Waals surface area (Å²) in [7, 11) is 0. The van der Waals surface area contributed by atoms with Gasteiger partial charge in [0.1, 0.15) is 0 Å². The molecule has 0 amide bonds. The predicted octanol–water partition coefficient (Wildman–Crippen LogP) is -0.403. The molecule has 0 saturated carbocycles. The zero-order valence-corrected chi connectivity index (χ0v) is 9.56. The van der Waals surface area contributed by atoms with Gasteiger partial charge in [0.15, 0.2) is 0 Å². The Balaban J connectivity index is 3.31. The number of phenols is 3. The SMILES string of the molecule is Oc1cc(O)c(O)[c]([Tl])c1. The van der Waals surface area contributed by atoms with Crippen LogP contribution in [-0.2, 0) is 0 Å². The van der Waals surface area contributed by atoms with Crippen LogP contribution < -0.4 is 3.12 Å². The van der Waals surface area contributed by atoms with Crippen LogP contribution in [0.4, 0.5) is 0 Å². The van der Waals surface area contributed by atoms with E-state index in [2.05, 4.69) is 0 Å². The van der Waals surface area contributed by atoms with Gasteiger partial charge in [0.25, 0.3) is 0 Å². The van der Waals surface area contributed by atoms with E-state index in [0.29, 0.717) is 28.9 Å². The molecule has 0 heterocycles. The Kier molecular flexibility index (Phi) is 2.03. The van der Waals surface area contributed by atoms with E-state index in [9.17, 15) is 0 Å². The molecule has 4 heteroatoms. The summed E-state index contributed by atoms with van der Waals surface area (Å²) < 4.78 is 0.623. The van der Waals surface area contributed by atoms with E-state index in [4.69, 9.17) is 15.3 Å². The third kappa shape index (κ3) is 1.34. The monoisotopic (exact) mass is 330 g/mol. The first-order valence-corrected chi connectivity index (χ1v) is 4.86. The summed E-state index contributed by atoms with van der Waals surface area (Å²) in [5.74, 6) is -0.367. The first-order valence-electron chi connectivity index (χ1n) is 2.61. The number of benzene rings is 1. The zero-order valence-electron chi connectivity index (χ0n) is 5.07. The Hall–Kier alpha value is -0.458. The molecule has 0 aromatic heterocycles. The molecular weight excluding hydrogens is 324 g/mol. The molecule has 0 aliphatic heterocycles. The normalized spacial score (nSPS) is 9.50. The van der Waals surface area contributed by atoms with Gasteiger partial charge < -0.3 is 0 Å². The van der Waals surface area contributed by atoms with Crippen LogP contribution in [-0.4, -0.2) is 41.1 Å². The predicted molar refractivity (Wildman–Crippen MR) is 36.8 cm³/mol. The molecule has 0 fully saturated rings. The maximum atomic E-state index is 9.01. The Labute approximate surface area is 73.6 Å². The Morgan fingerprint density at radius 2 is 1.70 bits per heavy atom. The van der Waals surface area contributed by atoms with E-state index in [1.54, 1.807) is 0 Å². The van der Waals surface area contributed by atoms with Crippen LogP contribution >= 0.6 is 0 Å². The number of hydrogen-bond donors (Lipinski definition) is 3. The fourth-order valence-corrected chi connectivity index (χ4v) is 1.86. The van der Waals surface area contributed by atoms with E-state index >= 15 is 0 Å². The quantitative estimate of drug-likeness (QED) is 0.345. The molecule has 0 saturated heterocycles. The Morgan fingerprint density at radius 1 is 1.10 bits per heavy atom. The molecule has 1 rings (SSSR count). The molecule has 0 radical (unpaired) electrons. The van der Waals surface area contributed by atoms with E-state index in [1.807, 2.05) is 0 Å². The number of aromatic hydroxyl groups is 3. The molecule has 3 nitrogen and oxygen atoms in total. The molecule has 0 atom stereocenters. The summed E-state index contributed by atoms with van der Waals surface area (Å²) in [4.78, 5) is 0. The fraction of sp³-hybridized carbons (Fsp3) is 0. The molecule has 0 aliphatic carbocycles. The molecule has 0 aliphatic rings. The van der Waals surface area contributed by atoms with Gasteiger partial charge >= 0.3 is 73.6 Å². The van der Waals surface area contributed by atoms with Gasteiger partial charge in [-0.2, -0.15) is 0 Å². The standard InChI is InChI=1S/C6H5O3.Tl/c7-4-1-2-5(8)6(9)3-4;/h1,3,7-9H;. The van der Waals surface area contributed by atoms with Gasteiger partial charge in [-0.15, -0.1) is 0 Å². The van der Waals surface area contributed by atoms with E-state index in [0.717, 1.165) is 6.07 Å². The van der Waals surface area contributed by atoms with Crippen molar-refractivity contribution in [3.05, 3.63) is 12.1 Å². The summed E-state index contributed by atoms with van der Waals surface area (Å²) >= 11 is 0.406. The number of phenolic OH excluding ortho intramolecular Hbond substituents is 3. The first-order chi connectivity index (χ1) is 4.61. The van der Waals surface area contributed by atoms with E-state index in [-0.39, 0.29) is 17.2 Å². The van der Waals surface area contributed by atoms with Crippen molar-refractivity contribution in [2.45, 2.75) is 0 Å². The van der Waals surface area contributed by atoms with Gasteiger partial charge in [-0.05, 0) is 0 Å². The van der Waals surface area contributed by atoms with Crippen LogP contribution in [0.1, 0.15) is 0 Å². The molecule has 50 valence electrons. The summed E-state index contributed by atoms with van der Waals surface area (Å²) in [5, 5.41) is 26.8. The summed E-state index contributed by atoms with van der Waals surface area (Å²) in [6, 6.07) is 2.56. The second-order valence-electron chi connectivity index (χ2n) is 1.90. The molecule has 10 heavy (non-hydrogen) atoms. The van der Waals surface area contributed by atoms with Crippen LogP contribution in [0.25, 0.3) is 0 Å². The summed E-state index contributed by atoms with van der Waals surface area (Å²) in [5.41, 5.74) is 0. The van der Waals surface area contributed by atoms with Crippen LogP contribution in [0.15, 0.2) is 12.1 Å². The molecule has 0 spiro atoms. The zero-order chi connectivity index (χ0) is 7.72. The maximum absolute atomic E-state index is 9.01. The Bertz CT molecular complexity index is 236. The summed E-state index contributed by atoms with van der Waals surface area (Å²) in [6.07, 6.45) is 0. The van der Waals surface area contributed by atoms with Crippen molar-refractivity contribution in [3.63, 3.8) is 0 Å². The number of hydrogen-bond acceptors (Lipinski definition) is 3. The average molecular weight is 329 g/mol. The van der Waals surface area contributed by atoms with E-state index < -0.39 is 0 Å². The van der Waals surface area contributed by atoms with Crippen molar-refractivity contribution in [1.29, 1.82) is 0 Å². The minimum absolute atomic E-state index is 0.00667. The second kappa shape index (κ2) is 2.65. The minimum atomic E-state index is -0.252. The average Bonchev–Trinajstić information content (AvgIpc) is 1.82. The van der Waals surface area contributed by atoms with Crippen molar-refractivity contribution in [2.75, 3.05) is 0 Å². The molecule has 0 bridgehead atoms. The van der Waals surface area contributed by atoms with Gasteiger partial charge in [-0.25, -0.2) is 0 Å². The van der Waals surface area contributed by atoms with Crippen molar-refractivity contribution < 1.29 is 15.3 Å². The molecule has 1 aromatic carbocycles. The van der Waals surface area contributed by atoms with Gasteiger partial charge in [0, 0.05) is 0 Å². The summed E-state index contributed by atoms with van der Waals surface area (Å²) in [6.45, 7) is 0. The van der Waals surface area contributed by atoms with Crippen molar-refractivity contribution in [3.8, 4) is 17.2 Å². The van der Waals surface area contributed by atoms with E-state index in [1.165, 1.54) is 6.07 Å². The van der Waals surface area contributed by atoms with Gasteiger partial charge in [0.2, 0.25) is 0 Å². The first kappa shape index (κ1) is 7.65. The molecule has 3 N–H and O–H groups in total. The van der Waals surface area contributed by atoms with Crippen LogP contribution in [0.3, 0.4) is 0 Å². The van der Waals surface area contributed by atoms with Crippen molar-refractivity contribution >= 4 is 28.9 Å². The topological polar surface area (TPSA) is 60.7 Å². The van der Waals surface area contributed by atoms with Crippen LogP contribution in [0.2, 0.25) is 0 Å². The second-order valence-corrected chi connectivity index (χ2v) is 4.32. The fourth-order valence-electron chi connectivity index (χ4n) is 0.626. The molecule has 0 unspecified atom stereocenters. The number of rotatable bonds is 0. The molecule has 1 aromatic rings. The van der Waals surface area contributed by atoms with Gasteiger partial charge in [-0.1, -0.05) is 0 Å².